The normalized spacial score (nSPS) is 11.5. The Morgan fingerprint density at radius 2 is 1.85 bits per heavy atom. The van der Waals surface area contributed by atoms with E-state index >= 15 is 0 Å². The molecule has 0 saturated carbocycles. The van der Waals surface area contributed by atoms with E-state index in [1.165, 1.54) is 11.3 Å². The lowest BCUT2D eigenvalue weighted by Gasteiger charge is -2.13. The Hall–Kier alpha value is -2.67. The molecule has 0 radical (unpaired) electrons. The minimum Gasteiger partial charge on any atom is -0.481 e. The number of carbonyl (C=O) groups excluding carboxylic acids is 2. The zero-order chi connectivity index (χ0) is 18.8. The van der Waals surface area contributed by atoms with Gasteiger partial charge in [0.15, 0.2) is 0 Å². The van der Waals surface area contributed by atoms with Crippen molar-refractivity contribution in [1.82, 2.24) is 10.6 Å². The second-order valence-electron chi connectivity index (χ2n) is 5.90. The molecule has 26 heavy (non-hydrogen) atoms. The van der Waals surface area contributed by atoms with Crippen LogP contribution in [0.4, 0.5) is 0 Å². The third kappa shape index (κ3) is 6.68. The van der Waals surface area contributed by atoms with Crippen LogP contribution in [0.3, 0.4) is 0 Å². The summed E-state index contributed by atoms with van der Waals surface area (Å²) < 4.78 is 0. The van der Waals surface area contributed by atoms with Gasteiger partial charge in [-0.15, -0.1) is 0 Å². The lowest BCUT2D eigenvalue weighted by atomic mass is 9.99. The molecule has 1 heterocycles. The van der Waals surface area contributed by atoms with Gasteiger partial charge in [-0.25, -0.2) is 0 Å². The molecule has 0 fully saturated rings. The summed E-state index contributed by atoms with van der Waals surface area (Å²) in [7, 11) is 0. The second-order valence-corrected chi connectivity index (χ2v) is 6.68. The molecule has 1 unspecified atom stereocenters. The summed E-state index contributed by atoms with van der Waals surface area (Å²) in [6.45, 7) is 0.485. The van der Waals surface area contributed by atoms with Crippen LogP contribution in [0.1, 0.15) is 28.8 Å². The molecule has 0 aliphatic carbocycles. The highest BCUT2D eigenvalue weighted by Gasteiger charge is 2.18. The number of hydrogen-bond acceptors (Lipinski definition) is 4. The van der Waals surface area contributed by atoms with E-state index in [1.54, 1.807) is 11.4 Å². The van der Waals surface area contributed by atoms with E-state index in [-0.39, 0.29) is 24.8 Å². The molecule has 0 saturated heterocycles. The van der Waals surface area contributed by atoms with Crippen molar-refractivity contribution in [3.8, 4) is 0 Å². The van der Waals surface area contributed by atoms with Gasteiger partial charge in [-0.3, -0.25) is 14.4 Å². The van der Waals surface area contributed by atoms with E-state index < -0.39 is 11.9 Å². The first kappa shape index (κ1) is 19.7. The maximum atomic E-state index is 11.9. The molecule has 2 aromatic rings. The fourth-order valence-electron chi connectivity index (χ4n) is 2.42. The summed E-state index contributed by atoms with van der Waals surface area (Å²) in [5, 5.41) is 18.3. The van der Waals surface area contributed by atoms with Gasteiger partial charge in [-0.2, -0.15) is 11.3 Å². The Balaban J connectivity index is 1.66. The minimum atomic E-state index is -0.933. The molecule has 3 N–H and O–H groups in total. The average molecular weight is 374 g/mol. The highest BCUT2D eigenvalue weighted by molar-refractivity contribution is 7.08. The number of benzene rings is 1. The second kappa shape index (κ2) is 10.4. The Kier molecular flexibility index (Phi) is 7.82. The van der Waals surface area contributed by atoms with Crippen molar-refractivity contribution in [2.24, 2.45) is 5.92 Å². The highest BCUT2D eigenvalue weighted by Crippen LogP contribution is 2.09. The van der Waals surface area contributed by atoms with Crippen molar-refractivity contribution in [3.63, 3.8) is 0 Å². The average Bonchev–Trinajstić information content (AvgIpc) is 3.17. The number of amides is 2. The molecule has 2 rings (SSSR count). The molecule has 1 aromatic heterocycles. The molecule has 6 nitrogen and oxygen atoms in total. The number of thiophene rings is 1. The summed E-state index contributed by atoms with van der Waals surface area (Å²) in [6.07, 6.45) is 1.10. The van der Waals surface area contributed by atoms with Gasteiger partial charge in [0.05, 0.1) is 5.92 Å². The molecule has 138 valence electrons. The van der Waals surface area contributed by atoms with Crippen LogP contribution in [0.25, 0.3) is 0 Å². The van der Waals surface area contributed by atoms with E-state index in [9.17, 15) is 19.5 Å². The third-order valence-electron chi connectivity index (χ3n) is 3.87. The van der Waals surface area contributed by atoms with Crippen molar-refractivity contribution < 1.29 is 19.5 Å². The van der Waals surface area contributed by atoms with Crippen molar-refractivity contribution in [2.75, 3.05) is 13.1 Å². The van der Waals surface area contributed by atoms with Crippen molar-refractivity contribution >= 4 is 29.1 Å². The molecular formula is C19H22N2O4S. The summed E-state index contributed by atoms with van der Waals surface area (Å²) in [4.78, 5) is 35.0. The summed E-state index contributed by atoms with van der Waals surface area (Å²) in [5.41, 5.74) is 1.54. The van der Waals surface area contributed by atoms with Crippen LogP contribution in [0.15, 0.2) is 47.2 Å². The molecule has 0 bridgehead atoms. The third-order valence-corrected chi connectivity index (χ3v) is 4.55. The van der Waals surface area contributed by atoms with Crippen LogP contribution >= 0.6 is 11.3 Å². The SMILES string of the molecule is O=C(CCCNC(=O)c1ccsc1)NCC(Cc1ccccc1)C(=O)O. The molecule has 1 aromatic carbocycles. The van der Waals surface area contributed by atoms with Crippen LogP contribution in [0, 0.1) is 5.92 Å². The number of carboxylic acids is 1. The van der Waals surface area contributed by atoms with Gasteiger partial charge in [0.1, 0.15) is 0 Å². The molecule has 1 atom stereocenters. The van der Waals surface area contributed by atoms with Crippen LogP contribution in [-0.4, -0.2) is 36.0 Å². The van der Waals surface area contributed by atoms with E-state index in [4.69, 9.17) is 0 Å². The monoisotopic (exact) mass is 374 g/mol. The quantitative estimate of drug-likeness (QED) is 0.556. The molecule has 0 spiro atoms. The van der Waals surface area contributed by atoms with Gasteiger partial charge in [0.25, 0.3) is 5.91 Å². The Bertz CT molecular complexity index is 716. The lowest BCUT2D eigenvalue weighted by Crippen LogP contribution is -2.34. The largest absolute Gasteiger partial charge is 0.481 e. The Morgan fingerprint density at radius 1 is 1.08 bits per heavy atom. The standard InChI is InChI=1S/C19H22N2O4S/c22-17(7-4-9-20-18(23)15-8-10-26-13-15)21-12-16(19(24)25)11-14-5-2-1-3-6-14/h1-3,5-6,8,10,13,16H,4,7,9,11-12H2,(H,20,23)(H,21,22)(H,24,25). The zero-order valence-electron chi connectivity index (χ0n) is 14.3. The number of carbonyl (C=O) groups is 3. The first-order chi connectivity index (χ1) is 12.6. The van der Waals surface area contributed by atoms with Crippen LogP contribution < -0.4 is 10.6 Å². The number of hydrogen-bond donors (Lipinski definition) is 3. The lowest BCUT2D eigenvalue weighted by molar-refractivity contribution is -0.141. The molecule has 7 heteroatoms. The molecular weight excluding hydrogens is 352 g/mol. The summed E-state index contributed by atoms with van der Waals surface area (Å²) >= 11 is 1.45. The van der Waals surface area contributed by atoms with Crippen LogP contribution in [-0.2, 0) is 16.0 Å². The Morgan fingerprint density at radius 3 is 2.50 bits per heavy atom. The zero-order valence-corrected chi connectivity index (χ0v) is 15.1. The molecule has 0 aliphatic heterocycles. The minimum absolute atomic E-state index is 0.0876. The van der Waals surface area contributed by atoms with Crippen LogP contribution in [0.5, 0.6) is 0 Å². The summed E-state index contributed by atoms with van der Waals surface area (Å²) in [5.74, 6) is -1.97. The summed E-state index contributed by atoms with van der Waals surface area (Å²) in [6, 6.07) is 11.1. The molecule has 2 amide bonds. The fourth-order valence-corrected chi connectivity index (χ4v) is 3.05. The first-order valence-electron chi connectivity index (χ1n) is 8.40. The van der Waals surface area contributed by atoms with E-state index in [0.717, 1.165) is 5.56 Å². The predicted octanol–water partition coefficient (Wildman–Crippen LogP) is 2.32. The Labute approximate surface area is 156 Å². The maximum absolute atomic E-state index is 11.9. The number of rotatable bonds is 10. The van der Waals surface area contributed by atoms with Gasteiger partial charge in [0.2, 0.25) is 5.91 Å². The predicted molar refractivity (Wildman–Crippen MR) is 100 cm³/mol. The maximum Gasteiger partial charge on any atom is 0.308 e. The first-order valence-corrected chi connectivity index (χ1v) is 9.34. The highest BCUT2D eigenvalue weighted by atomic mass is 32.1. The van der Waals surface area contributed by atoms with E-state index in [0.29, 0.717) is 24.9 Å². The van der Waals surface area contributed by atoms with Gasteiger partial charge in [0, 0.05) is 30.5 Å². The van der Waals surface area contributed by atoms with Crippen molar-refractivity contribution in [1.29, 1.82) is 0 Å². The number of nitrogens with one attached hydrogen (secondary N) is 2. The van der Waals surface area contributed by atoms with Gasteiger partial charge >= 0.3 is 5.97 Å². The van der Waals surface area contributed by atoms with Gasteiger partial charge in [-0.1, -0.05) is 30.3 Å². The van der Waals surface area contributed by atoms with Gasteiger partial charge < -0.3 is 15.7 Å². The van der Waals surface area contributed by atoms with Crippen LogP contribution in [0.2, 0.25) is 0 Å². The number of aliphatic carboxylic acids is 1. The van der Waals surface area contributed by atoms with E-state index in [2.05, 4.69) is 10.6 Å². The smallest absolute Gasteiger partial charge is 0.308 e. The van der Waals surface area contributed by atoms with Crippen molar-refractivity contribution in [3.05, 3.63) is 58.3 Å². The number of carboxylic acid groups (broad SMARTS) is 1. The molecule has 0 aliphatic rings. The van der Waals surface area contributed by atoms with E-state index in [1.807, 2.05) is 35.7 Å². The fraction of sp³-hybridized carbons (Fsp3) is 0.316. The van der Waals surface area contributed by atoms with Crippen molar-refractivity contribution in [2.45, 2.75) is 19.3 Å². The topological polar surface area (TPSA) is 95.5 Å². The van der Waals surface area contributed by atoms with Gasteiger partial charge in [-0.05, 0) is 29.9 Å².